The zero-order chi connectivity index (χ0) is 29.0. The zero-order valence-electron chi connectivity index (χ0n) is 21.3. The van der Waals surface area contributed by atoms with Crippen LogP contribution in [0.5, 0.6) is 0 Å². The van der Waals surface area contributed by atoms with Crippen LogP contribution in [0.2, 0.25) is 10.0 Å². The Kier molecular flexibility index (Phi) is 9.63. The van der Waals surface area contributed by atoms with Gasteiger partial charge in [0.05, 0.1) is 18.7 Å². The van der Waals surface area contributed by atoms with E-state index in [1.165, 1.54) is 13.2 Å². The molecule has 3 rings (SSSR count). The van der Waals surface area contributed by atoms with E-state index in [1.807, 2.05) is 6.92 Å². The number of hydrogen-bond donors (Lipinski definition) is 1. The third-order valence-corrected chi connectivity index (χ3v) is 6.42. The molecule has 3 amide bonds. The summed E-state index contributed by atoms with van der Waals surface area (Å²) in [6, 6.07) is 9.83. The molecule has 210 valence electrons. The SMILES string of the molecule is COCCC(=O)N(CC(=O)NCC(F)(F)F)C(=O)c1ccc(C2=NOC(C)(c3cc(Cl)cc(Cl)c3)C2)cc1C. The lowest BCUT2D eigenvalue weighted by molar-refractivity contribution is -0.141. The number of alkyl halides is 3. The molecule has 1 unspecified atom stereocenters. The number of oxime groups is 1. The minimum absolute atomic E-state index is 0.0405. The molecule has 8 nitrogen and oxygen atoms in total. The van der Waals surface area contributed by atoms with E-state index in [4.69, 9.17) is 32.8 Å². The highest BCUT2D eigenvalue weighted by Crippen LogP contribution is 2.38. The fourth-order valence-corrected chi connectivity index (χ4v) is 4.46. The molecule has 0 spiro atoms. The summed E-state index contributed by atoms with van der Waals surface area (Å²) in [5.41, 5.74) is 1.70. The molecule has 0 saturated carbocycles. The standard InChI is InChI=1S/C26H26Cl2F3N3O5/c1-15-8-16(21-12-25(2,39-33-21)17-9-18(27)11-19(28)10-17)4-5-20(15)24(37)34(23(36)6-7-38-3)13-22(35)32-14-26(29,30)31/h4-5,8-11H,6-7,12-14H2,1-3H3,(H,32,35). The number of nitrogens with one attached hydrogen (secondary N) is 1. The summed E-state index contributed by atoms with van der Waals surface area (Å²) < 4.78 is 42.3. The van der Waals surface area contributed by atoms with Gasteiger partial charge in [0.25, 0.3) is 5.91 Å². The van der Waals surface area contributed by atoms with Gasteiger partial charge in [0, 0.05) is 34.7 Å². The molecule has 0 fully saturated rings. The number of halogens is 5. The second-order valence-electron chi connectivity index (χ2n) is 9.14. The van der Waals surface area contributed by atoms with Crippen molar-refractivity contribution in [3.05, 3.63) is 68.7 Å². The summed E-state index contributed by atoms with van der Waals surface area (Å²) in [6.07, 6.45) is -4.51. The molecule has 0 aromatic heterocycles. The topological polar surface area (TPSA) is 97.3 Å². The smallest absolute Gasteiger partial charge is 0.384 e. The number of imide groups is 1. The minimum atomic E-state index is -4.64. The number of methoxy groups -OCH3 is 1. The molecule has 1 N–H and O–H groups in total. The predicted molar refractivity (Wildman–Crippen MR) is 139 cm³/mol. The third-order valence-electron chi connectivity index (χ3n) is 5.98. The van der Waals surface area contributed by atoms with E-state index in [2.05, 4.69) is 5.16 Å². The lowest BCUT2D eigenvalue weighted by Crippen LogP contribution is -2.46. The van der Waals surface area contributed by atoms with Crippen LogP contribution in [0, 0.1) is 6.92 Å². The normalized spacial score (nSPS) is 16.9. The van der Waals surface area contributed by atoms with E-state index in [-0.39, 0.29) is 18.6 Å². The first-order chi connectivity index (χ1) is 18.2. The highest BCUT2D eigenvalue weighted by atomic mass is 35.5. The van der Waals surface area contributed by atoms with Crippen LogP contribution in [0.1, 0.15) is 46.8 Å². The molecule has 13 heteroatoms. The van der Waals surface area contributed by atoms with Crippen molar-refractivity contribution in [2.75, 3.05) is 26.8 Å². The van der Waals surface area contributed by atoms with Gasteiger partial charge in [-0.3, -0.25) is 19.3 Å². The number of ether oxygens (including phenoxy) is 1. The van der Waals surface area contributed by atoms with Crippen LogP contribution in [0.25, 0.3) is 0 Å². The van der Waals surface area contributed by atoms with Crippen molar-refractivity contribution in [3.63, 3.8) is 0 Å². The Labute approximate surface area is 233 Å². The van der Waals surface area contributed by atoms with Crippen molar-refractivity contribution in [2.24, 2.45) is 5.16 Å². The maximum Gasteiger partial charge on any atom is 0.405 e. The fourth-order valence-electron chi connectivity index (χ4n) is 3.93. The Morgan fingerprint density at radius 2 is 1.82 bits per heavy atom. The van der Waals surface area contributed by atoms with Gasteiger partial charge < -0.3 is 14.9 Å². The Morgan fingerprint density at radius 1 is 1.15 bits per heavy atom. The van der Waals surface area contributed by atoms with Crippen molar-refractivity contribution in [1.29, 1.82) is 0 Å². The van der Waals surface area contributed by atoms with E-state index in [1.54, 1.807) is 42.6 Å². The van der Waals surface area contributed by atoms with Gasteiger partial charge in [-0.05, 0) is 55.3 Å². The van der Waals surface area contributed by atoms with Gasteiger partial charge >= 0.3 is 6.18 Å². The molecule has 0 saturated heterocycles. The summed E-state index contributed by atoms with van der Waals surface area (Å²) in [5, 5.41) is 6.78. The van der Waals surface area contributed by atoms with Crippen LogP contribution in [0.3, 0.4) is 0 Å². The zero-order valence-corrected chi connectivity index (χ0v) is 22.8. The first-order valence-corrected chi connectivity index (χ1v) is 12.5. The Bertz CT molecular complexity index is 1280. The van der Waals surface area contributed by atoms with Gasteiger partial charge in [-0.15, -0.1) is 0 Å². The molecule has 1 aliphatic heterocycles. The van der Waals surface area contributed by atoms with E-state index >= 15 is 0 Å². The molecular weight excluding hydrogens is 562 g/mol. The summed E-state index contributed by atoms with van der Waals surface area (Å²) in [4.78, 5) is 44.4. The van der Waals surface area contributed by atoms with Crippen molar-refractivity contribution in [1.82, 2.24) is 10.2 Å². The van der Waals surface area contributed by atoms with Crippen LogP contribution in [0.15, 0.2) is 41.6 Å². The van der Waals surface area contributed by atoms with Crippen LogP contribution < -0.4 is 5.32 Å². The quantitative estimate of drug-likeness (QED) is 0.444. The van der Waals surface area contributed by atoms with E-state index in [9.17, 15) is 27.6 Å². The van der Waals surface area contributed by atoms with Crippen molar-refractivity contribution in [2.45, 2.75) is 38.5 Å². The van der Waals surface area contributed by atoms with E-state index in [0.29, 0.717) is 38.2 Å². The predicted octanol–water partition coefficient (Wildman–Crippen LogP) is 5.03. The van der Waals surface area contributed by atoms with E-state index in [0.717, 1.165) is 5.56 Å². The number of nitrogens with zero attached hydrogens (tertiary/aromatic N) is 2. The lowest BCUT2D eigenvalue weighted by atomic mass is 9.88. The highest BCUT2D eigenvalue weighted by Gasteiger charge is 2.37. The molecule has 39 heavy (non-hydrogen) atoms. The van der Waals surface area contributed by atoms with Gasteiger partial charge in [0.15, 0.2) is 5.60 Å². The summed E-state index contributed by atoms with van der Waals surface area (Å²) in [6.45, 7) is 0.966. The maximum atomic E-state index is 13.3. The number of carbonyl (C=O) groups excluding carboxylic acids is 3. The van der Waals surface area contributed by atoms with Crippen LogP contribution >= 0.6 is 23.2 Å². The lowest BCUT2D eigenvalue weighted by Gasteiger charge is -2.23. The van der Waals surface area contributed by atoms with Gasteiger partial charge in [-0.2, -0.15) is 13.2 Å². The molecule has 1 heterocycles. The van der Waals surface area contributed by atoms with Crippen LogP contribution in [0.4, 0.5) is 13.2 Å². The number of amides is 3. The average Bonchev–Trinajstić information content (AvgIpc) is 3.26. The van der Waals surface area contributed by atoms with Gasteiger partial charge in [-0.1, -0.05) is 34.4 Å². The number of carbonyl (C=O) groups is 3. The Morgan fingerprint density at radius 3 is 2.41 bits per heavy atom. The summed E-state index contributed by atoms with van der Waals surface area (Å²) >= 11 is 12.3. The largest absolute Gasteiger partial charge is 0.405 e. The first-order valence-electron chi connectivity index (χ1n) is 11.7. The second-order valence-corrected chi connectivity index (χ2v) is 10.0. The fraction of sp³-hybridized carbons (Fsp3) is 0.385. The van der Waals surface area contributed by atoms with Crippen LogP contribution in [-0.4, -0.2) is 61.3 Å². The first kappa shape index (κ1) is 30.4. The number of rotatable bonds is 9. The highest BCUT2D eigenvalue weighted by molar-refractivity contribution is 6.34. The van der Waals surface area contributed by atoms with Crippen molar-refractivity contribution < 1.29 is 37.1 Å². The number of hydrogen-bond acceptors (Lipinski definition) is 6. The van der Waals surface area contributed by atoms with Gasteiger partial charge in [0.1, 0.15) is 13.1 Å². The van der Waals surface area contributed by atoms with Gasteiger partial charge in [-0.25, -0.2) is 0 Å². The minimum Gasteiger partial charge on any atom is -0.384 e. The molecule has 1 aliphatic rings. The Hall–Kier alpha value is -3.15. The monoisotopic (exact) mass is 587 g/mol. The molecule has 0 radical (unpaired) electrons. The van der Waals surface area contributed by atoms with Crippen LogP contribution in [-0.2, 0) is 24.8 Å². The maximum absolute atomic E-state index is 13.3. The molecular formula is C26H26Cl2F3N3O5. The molecule has 0 aliphatic carbocycles. The van der Waals surface area contributed by atoms with Crippen molar-refractivity contribution >= 4 is 46.6 Å². The van der Waals surface area contributed by atoms with Crippen molar-refractivity contribution in [3.8, 4) is 0 Å². The summed E-state index contributed by atoms with van der Waals surface area (Å²) in [5.74, 6) is -2.72. The molecule has 2 aromatic rings. The molecule has 0 bridgehead atoms. The van der Waals surface area contributed by atoms with E-state index < -0.39 is 42.6 Å². The Balaban J connectivity index is 1.80. The molecule has 2 aromatic carbocycles. The third kappa shape index (κ3) is 7.93. The average molecular weight is 588 g/mol. The number of aryl methyl sites for hydroxylation is 1. The molecule has 1 atom stereocenters. The van der Waals surface area contributed by atoms with Gasteiger partial charge in [0.2, 0.25) is 11.8 Å². The second kappa shape index (κ2) is 12.4. The number of benzene rings is 2. The summed E-state index contributed by atoms with van der Waals surface area (Å²) in [7, 11) is 1.35.